The van der Waals surface area contributed by atoms with Gasteiger partial charge in [0.05, 0.1) is 33.7 Å². The predicted molar refractivity (Wildman–Crippen MR) is 113 cm³/mol. The molecule has 6 nitrogen and oxygen atoms in total. The molecule has 1 unspecified atom stereocenters. The summed E-state index contributed by atoms with van der Waals surface area (Å²) in [5.41, 5.74) is 1.84. The summed E-state index contributed by atoms with van der Waals surface area (Å²) >= 11 is 12.0. The van der Waals surface area contributed by atoms with Gasteiger partial charge in [-0.05, 0) is 51.5 Å². The Bertz CT molecular complexity index is 1140. The molecule has 1 N–H and O–H groups in total. The molecule has 3 aromatic rings. The van der Waals surface area contributed by atoms with Gasteiger partial charge in [0, 0.05) is 5.69 Å². The van der Waals surface area contributed by atoms with Crippen LogP contribution >= 0.6 is 23.2 Å². The molecule has 2 aromatic heterocycles. The Kier molecular flexibility index (Phi) is 6.38. The fraction of sp³-hybridized carbons (Fsp3) is 0.350. The lowest BCUT2D eigenvalue weighted by atomic mass is 10.2. The number of aryl methyl sites for hydroxylation is 2. The van der Waals surface area contributed by atoms with E-state index < -0.39 is 23.8 Å². The van der Waals surface area contributed by atoms with Crippen LogP contribution in [0.1, 0.15) is 41.3 Å². The molecule has 2 heterocycles. The first-order valence-corrected chi connectivity index (χ1v) is 10.1. The Hall–Kier alpha value is -2.52. The zero-order chi connectivity index (χ0) is 23.1. The molecule has 0 fully saturated rings. The Morgan fingerprint density at radius 1 is 1.13 bits per heavy atom. The average Bonchev–Trinajstić information content (AvgIpc) is 3.19. The van der Waals surface area contributed by atoms with Crippen molar-refractivity contribution in [1.29, 1.82) is 0 Å². The fourth-order valence-corrected chi connectivity index (χ4v) is 3.52. The van der Waals surface area contributed by atoms with Gasteiger partial charge in [-0.25, -0.2) is 0 Å². The zero-order valence-electron chi connectivity index (χ0n) is 17.2. The van der Waals surface area contributed by atoms with Gasteiger partial charge >= 0.3 is 6.18 Å². The lowest BCUT2D eigenvalue weighted by Gasteiger charge is -2.15. The van der Waals surface area contributed by atoms with E-state index in [4.69, 9.17) is 23.2 Å². The monoisotopic (exact) mass is 473 g/mol. The second kappa shape index (κ2) is 8.55. The summed E-state index contributed by atoms with van der Waals surface area (Å²) in [4.78, 5) is 12.8. The molecule has 1 atom stereocenters. The highest BCUT2D eigenvalue weighted by Crippen LogP contribution is 2.30. The van der Waals surface area contributed by atoms with Gasteiger partial charge in [0.1, 0.15) is 6.04 Å². The van der Waals surface area contributed by atoms with E-state index in [-0.39, 0.29) is 5.69 Å². The fourth-order valence-electron chi connectivity index (χ4n) is 3.20. The molecule has 166 valence electrons. The van der Waals surface area contributed by atoms with Crippen LogP contribution in [0.3, 0.4) is 0 Å². The number of aromatic nitrogens is 4. The van der Waals surface area contributed by atoms with Crippen molar-refractivity contribution in [3.8, 4) is 0 Å². The van der Waals surface area contributed by atoms with E-state index in [9.17, 15) is 18.0 Å². The largest absolute Gasteiger partial charge is 0.435 e. The zero-order valence-corrected chi connectivity index (χ0v) is 18.7. The van der Waals surface area contributed by atoms with Crippen molar-refractivity contribution in [3.63, 3.8) is 0 Å². The van der Waals surface area contributed by atoms with Crippen LogP contribution < -0.4 is 5.32 Å². The summed E-state index contributed by atoms with van der Waals surface area (Å²) in [6, 6.07) is 5.21. The van der Waals surface area contributed by atoms with Crippen molar-refractivity contribution in [2.24, 2.45) is 0 Å². The van der Waals surface area contributed by atoms with Crippen LogP contribution in [0.25, 0.3) is 0 Å². The SMILES string of the molecule is Cc1nn(Cc2ccc(Cl)c(Cl)c2)c(C)c1NC(=O)C(C)n1nc(C(F)(F)F)cc1C. The minimum atomic E-state index is -4.58. The van der Waals surface area contributed by atoms with E-state index in [1.54, 1.807) is 30.7 Å². The molecule has 0 saturated carbocycles. The molecule has 31 heavy (non-hydrogen) atoms. The quantitative estimate of drug-likeness (QED) is 0.525. The van der Waals surface area contributed by atoms with Crippen molar-refractivity contribution >= 4 is 34.8 Å². The van der Waals surface area contributed by atoms with Crippen molar-refractivity contribution in [3.05, 3.63) is 62.6 Å². The van der Waals surface area contributed by atoms with Gasteiger partial charge in [-0.15, -0.1) is 0 Å². The molecule has 0 spiro atoms. The molecule has 11 heteroatoms. The number of anilines is 1. The normalized spacial score (nSPS) is 12.8. The molecule has 1 aromatic carbocycles. The number of hydrogen-bond donors (Lipinski definition) is 1. The minimum Gasteiger partial charge on any atom is -0.321 e. The number of rotatable bonds is 5. The van der Waals surface area contributed by atoms with Gasteiger partial charge in [0.25, 0.3) is 0 Å². The van der Waals surface area contributed by atoms with E-state index in [0.29, 0.717) is 33.7 Å². The van der Waals surface area contributed by atoms with E-state index in [1.807, 2.05) is 6.07 Å². The second-order valence-electron chi connectivity index (χ2n) is 7.23. The summed E-state index contributed by atoms with van der Waals surface area (Å²) in [5, 5.41) is 11.6. The molecule has 0 aliphatic carbocycles. The molecule has 0 bridgehead atoms. The van der Waals surface area contributed by atoms with E-state index in [2.05, 4.69) is 15.5 Å². The number of amides is 1. The predicted octanol–water partition coefficient (Wildman–Crippen LogP) is 5.58. The second-order valence-corrected chi connectivity index (χ2v) is 8.04. The van der Waals surface area contributed by atoms with Crippen LogP contribution in [-0.2, 0) is 17.5 Å². The molecule has 0 saturated heterocycles. The summed E-state index contributed by atoms with van der Waals surface area (Å²) in [5.74, 6) is -0.500. The number of nitrogens with one attached hydrogen (secondary N) is 1. The average molecular weight is 474 g/mol. The van der Waals surface area contributed by atoms with Gasteiger partial charge < -0.3 is 5.32 Å². The van der Waals surface area contributed by atoms with Crippen molar-refractivity contribution in [2.45, 2.75) is 46.5 Å². The summed E-state index contributed by atoms with van der Waals surface area (Å²) in [7, 11) is 0. The van der Waals surface area contributed by atoms with Gasteiger partial charge in [0.15, 0.2) is 5.69 Å². The first kappa shape index (κ1) is 23.1. The van der Waals surface area contributed by atoms with Gasteiger partial charge in [-0.2, -0.15) is 23.4 Å². The molecule has 0 aliphatic heterocycles. The number of nitrogens with zero attached hydrogens (tertiary/aromatic N) is 4. The maximum Gasteiger partial charge on any atom is 0.435 e. The van der Waals surface area contributed by atoms with Crippen molar-refractivity contribution in [1.82, 2.24) is 19.6 Å². The summed E-state index contributed by atoms with van der Waals surface area (Å²) < 4.78 is 41.5. The number of alkyl halides is 3. The topological polar surface area (TPSA) is 64.7 Å². The Morgan fingerprint density at radius 2 is 1.81 bits per heavy atom. The van der Waals surface area contributed by atoms with Gasteiger partial charge in [-0.1, -0.05) is 29.3 Å². The van der Waals surface area contributed by atoms with Gasteiger partial charge in [-0.3, -0.25) is 14.2 Å². The summed E-state index contributed by atoms with van der Waals surface area (Å²) in [6.07, 6.45) is -4.58. The highest BCUT2D eigenvalue weighted by atomic mass is 35.5. The summed E-state index contributed by atoms with van der Waals surface area (Å²) in [6.45, 7) is 6.89. The Morgan fingerprint density at radius 3 is 2.39 bits per heavy atom. The van der Waals surface area contributed by atoms with E-state index in [1.165, 1.54) is 13.8 Å². The van der Waals surface area contributed by atoms with Crippen LogP contribution in [0.15, 0.2) is 24.3 Å². The van der Waals surface area contributed by atoms with Crippen LogP contribution in [0.5, 0.6) is 0 Å². The number of carbonyl (C=O) groups excluding carboxylic acids is 1. The van der Waals surface area contributed by atoms with Gasteiger partial charge in [0.2, 0.25) is 5.91 Å². The lowest BCUT2D eigenvalue weighted by Crippen LogP contribution is -2.26. The van der Waals surface area contributed by atoms with Crippen LogP contribution in [-0.4, -0.2) is 25.5 Å². The van der Waals surface area contributed by atoms with E-state index >= 15 is 0 Å². The van der Waals surface area contributed by atoms with Crippen LogP contribution in [0.4, 0.5) is 18.9 Å². The van der Waals surface area contributed by atoms with Crippen molar-refractivity contribution in [2.75, 3.05) is 5.32 Å². The highest BCUT2D eigenvalue weighted by molar-refractivity contribution is 6.42. The Balaban J connectivity index is 1.80. The first-order chi connectivity index (χ1) is 14.4. The van der Waals surface area contributed by atoms with Crippen molar-refractivity contribution < 1.29 is 18.0 Å². The third-order valence-corrected chi connectivity index (χ3v) is 5.64. The van der Waals surface area contributed by atoms with Crippen LogP contribution in [0, 0.1) is 20.8 Å². The number of benzene rings is 1. The molecule has 0 radical (unpaired) electrons. The van der Waals surface area contributed by atoms with E-state index in [0.717, 1.165) is 16.3 Å². The molecule has 1 amide bonds. The number of carbonyl (C=O) groups is 1. The molecule has 3 rings (SSSR count). The molecular formula is C20H20Cl2F3N5O. The Labute approximate surface area is 186 Å². The number of hydrogen-bond acceptors (Lipinski definition) is 3. The third kappa shape index (κ3) is 4.88. The molecular weight excluding hydrogens is 454 g/mol. The van der Waals surface area contributed by atoms with Crippen LogP contribution in [0.2, 0.25) is 10.0 Å². The minimum absolute atomic E-state index is 0.235. The highest BCUT2D eigenvalue weighted by Gasteiger charge is 2.35. The smallest absolute Gasteiger partial charge is 0.321 e. The maximum atomic E-state index is 12.9. The maximum absolute atomic E-state index is 12.9. The number of halogens is 5. The lowest BCUT2D eigenvalue weighted by molar-refractivity contribution is -0.141. The molecule has 0 aliphatic rings. The third-order valence-electron chi connectivity index (χ3n) is 4.91. The first-order valence-electron chi connectivity index (χ1n) is 9.30. The standard InChI is InChI=1S/C20H20Cl2F3N5O/c1-10-7-17(20(23,24)25)28-30(10)13(4)19(31)26-18-11(2)27-29(12(18)3)9-14-5-6-15(21)16(22)8-14/h5-8,13H,9H2,1-4H3,(H,26,31).